The van der Waals surface area contributed by atoms with E-state index in [-0.39, 0.29) is 10.7 Å². The monoisotopic (exact) mass is 428 g/mol. The number of rotatable bonds is 4. The number of imidazole rings is 1. The Labute approximate surface area is 177 Å². The quantitative estimate of drug-likeness (QED) is 0.467. The first-order valence-electron chi connectivity index (χ1n) is 9.60. The van der Waals surface area contributed by atoms with Gasteiger partial charge in [0.15, 0.2) is 0 Å². The summed E-state index contributed by atoms with van der Waals surface area (Å²) in [5, 5.41) is 15.1. The molecule has 1 aromatic carbocycles. The lowest BCUT2D eigenvalue weighted by molar-refractivity contribution is -0.384. The summed E-state index contributed by atoms with van der Waals surface area (Å²) in [6.45, 7) is 5.49. The molecule has 1 aliphatic rings. The van der Waals surface area contributed by atoms with Crippen LogP contribution in [-0.2, 0) is 20.0 Å². The molecule has 0 aliphatic carbocycles. The summed E-state index contributed by atoms with van der Waals surface area (Å²) in [4.78, 5) is 30.0. The van der Waals surface area contributed by atoms with Gasteiger partial charge in [0.1, 0.15) is 10.8 Å². The Balaban J connectivity index is 1.65. The Bertz CT molecular complexity index is 1180. The first kappa shape index (κ1) is 20.1. The summed E-state index contributed by atoms with van der Waals surface area (Å²) in [6.07, 6.45) is 2.36. The Morgan fingerprint density at radius 2 is 1.93 bits per heavy atom. The maximum absolute atomic E-state index is 12.8. The fraction of sp³-hybridized carbons (Fsp3) is 0.350. The van der Waals surface area contributed by atoms with Crippen LogP contribution >= 0.6 is 11.6 Å². The van der Waals surface area contributed by atoms with Gasteiger partial charge in [-0.25, -0.2) is 4.98 Å². The van der Waals surface area contributed by atoms with Crippen molar-refractivity contribution in [1.29, 1.82) is 0 Å². The summed E-state index contributed by atoms with van der Waals surface area (Å²) in [5.74, 6) is 1.37. The Morgan fingerprint density at radius 3 is 2.57 bits per heavy atom. The van der Waals surface area contributed by atoms with Crippen LogP contribution in [0, 0.1) is 10.1 Å². The summed E-state index contributed by atoms with van der Waals surface area (Å²) in [6, 6.07) is 5.59. The zero-order chi connectivity index (χ0) is 21.6. The second-order valence-corrected chi connectivity index (χ2v) is 7.96. The van der Waals surface area contributed by atoms with Gasteiger partial charge in [0, 0.05) is 43.8 Å². The minimum absolute atomic E-state index is 0.0604. The standard InChI is InChI=1S/C20H21ClN6O3/c1-12(2)19-23-15-11-25(9-8-16(15)24(19)3)17-10-22-26(20(28)18(17)21)13-4-6-14(7-5-13)27(29)30/h4-7,10,12H,8-9,11H2,1-3H3. The molecule has 3 heterocycles. The maximum Gasteiger partial charge on any atom is 0.292 e. The average Bonchev–Trinajstić information content (AvgIpc) is 3.06. The number of halogens is 1. The van der Waals surface area contributed by atoms with Gasteiger partial charge < -0.3 is 9.47 Å². The highest BCUT2D eigenvalue weighted by molar-refractivity contribution is 6.33. The van der Waals surface area contributed by atoms with Gasteiger partial charge in [-0.15, -0.1) is 0 Å². The maximum atomic E-state index is 12.8. The van der Waals surface area contributed by atoms with Crippen LogP contribution in [0.4, 0.5) is 11.4 Å². The van der Waals surface area contributed by atoms with Crippen LogP contribution in [0.15, 0.2) is 35.3 Å². The van der Waals surface area contributed by atoms with Crippen molar-refractivity contribution < 1.29 is 4.92 Å². The van der Waals surface area contributed by atoms with E-state index in [2.05, 4.69) is 23.5 Å². The van der Waals surface area contributed by atoms with Gasteiger partial charge >= 0.3 is 0 Å². The van der Waals surface area contributed by atoms with Gasteiger partial charge in [0.25, 0.3) is 11.2 Å². The van der Waals surface area contributed by atoms with Crippen LogP contribution in [0.3, 0.4) is 0 Å². The summed E-state index contributed by atoms with van der Waals surface area (Å²) < 4.78 is 3.30. The molecular formula is C20H21ClN6O3. The van der Waals surface area contributed by atoms with E-state index >= 15 is 0 Å². The lowest BCUT2D eigenvalue weighted by Gasteiger charge is -2.29. The number of hydrogen-bond donors (Lipinski definition) is 0. The zero-order valence-corrected chi connectivity index (χ0v) is 17.6. The predicted molar refractivity (Wildman–Crippen MR) is 114 cm³/mol. The number of benzene rings is 1. The topological polar surface area (TPSA) is 99.1 Å². The predicted octanol–water partition coefficient (Wildman–Crippen LogP) is 3.21. The lowest BCUT2D eigenvalue weighted by atomic mass is 10.1. The van der Waals surface area contributed by atoms with E-state index in [1.54, 1.807) is 6.20 Å². The molecule has 156 valence electrons. The highest BCUT2D eigenvalue weighted by Gasteiger charge is 2.26. The van der Waals surface area contributed by atoms with Crippen molar-refractivity contribution >= 4 is 23.0 Å². The second kappa shape index (κ2) is 7.56. The second-order valence-electron chi connectivity index (χ2n) is 7.58. The van der Waals surface area contributed by atoms with Crippen molar-refractivity contribution in [3.8, 4) is 5.69 Å². The van der Waals surface area contributed by atoms with Crippen molar-refractivity contribution in [2.75, 3.05) is 11.4 Å². The molecule has 0 bridgehead atoms. The average molecular weight is 429 g/mol. The molecule has 1 aliphatic heterocycles. The Hall–Kier alpha value is -3.20. The summed E-state index contributed by atoms with van der Waals surface area (Å²) in [5.41, 5.74) is 2.63. The molecule has 0 atom stereocenters. The van der Waals surface area contributed by atoms with Crippen LogP contribution in [0.1, 0.15) is 37.0 Å². The molecule has 0 unspecified atom stereocenters. The minimum Gasteiger partial charge on any atom is -0.362 e. The van der Waals surface area contributed by atoms with Crippen molar-refractivity contribution in [1.82, 2.24) is 19.3 Å². The van der Waals surface area contributed by atoms with Gasteiger partial charge in [0.2, 0.25) is 0 Å². The third-order valence-corrected chi connectivity index (χ3v) is 5.71. The van der Waals surface area contributed by atoms with E-state index in [0.717, 1.165) is 22.6 Å². The van der Waals surface area contributed by atoms with E-state index in [1.807, 2.05) is 11.9 Å². The molecule has 9 nitrogen and oxygen atoms in total. The number of hydrogen-bond acceptors (Lipinski definition) is 6. The van der Waals surface area contributed by atoms with Gasteiger partial charge in [-0.05, 0) is 12.1 Å². The first-order chi connectivity index (χ1) is 14.3. The van der Waals surface area contributed by atoms with E-state index in [0.29, 0.717) is 30.4 Å². The fourth-order valence-electron chi connectivity index (χ4n) is 3.82. The largest absolute Gasteiger partial charge is 0.362 e. The van der Waals surface area contributed by atoms with Crippen molar-refractivity contribution in [2.45, 2.75) is 32.7 Å². The van der Waals surface area contributed by atoms with Gasteiger partial charge in [-0.2, -0.15) is 9.78 Å². The third kappa shape index (κ3) is 3.35. The molecule has 2 aromatic heterocycles. The van der Waals surface area contributed by atoms with E-state index in [9.17, 15) is 14.9 Å². The first-order valence-corrected chi connectivity index (χ1v) is 9.97. The lowest BCUT2D eigenvalue weighted by Crippen LogP contribution is -2.33. The molecular weight excluding hydrogens is 408 g/mol. The van der Waals surface area contributed by atoms with Crippen molar-refractivity contribution in [3.63, 3.8) is 0 Å². The molecule has 3 aromatic rings. The van der Waals surface area contributed by atoms with E-state index in [4.69, 9.17) is 16.6 Å². The molecule has 0 fully saturated rings. The minimum atomic E-state index is -0.497. The highest BCUT2D eigenvalue weighted by atomic mass is 35.5. The number of nitro benzene ring substituents is 1. The smallest absolute Gasteiger partial charge is 0.292 e. The van der Waals surface area contributed by atoms with Crippen LogP contribution in [0.5, 0.6) is 0 Å². The number of nitrogens with zero attached hydrogens (tertiary/aromatic N) is 6. The molecule has 0 saturated carbocycles. The van der Waals surface area contributed by atoms with Gasteiger partial charge in [-0.3, -0.25) is 14.9 Å². The summed E-state index contributed by atoms with van der Waals surface area (Å²) in [7, 11) is 2.04. The third-order valence-electron chi connectivity index (χ3n) is 5.35. The van der Waals surface area contributed by atoms with Crippen LogP contribution in [0.25, 0.3) is 5.69 Å². The highest BCUT2D eigenvalue weighted by Crippen LogP contribution is 2.29. The van der Waals surface area contributed by atoms with Crippen LogP contribution < -0.4 is 10.5 Å². The number of aromatic nitrogens is 4. The molecule has 0 amide bonds. The van der Waals surface area contributed by atoms with Crippen molar-refractivity contribution in [3.05, 3.63) is 73.2 Å². The molecule has 0 spiro atoms. The zero-order valence-electron chi connectivity index (χ0n) is 16.9. The number of fused-ring (bicyclic) bond motifs is 1. The van der Waals surface area contributed by atoms with E-state index < -0.39 is 10.5 Å². The van der Waals surface area contributed by atoms with Gasteiger partial charge in [0.05, 0.1) is 34.7 Å². The Kier molecular flexibility index (Phi) is 5.07. The van der Waals surface area contributed by atoms with Crippen molar-refractivity contribution in [2.24, 2.45) is 7.05 Å². The van der Waals surface area contributed by atoms with E-state index in [1.165, 1.54) is 30.0 Å². The number of anilines is 1. The molecule has 0 saturated heterocycles. The van der Waals surface area contributed by atoms with Crippen LogP contribution in [-0.4, -0.2) is 30.8 Å². The number of non-ortho nitro benzene ring substituents is 1. The van der Waals surface area contributed by atoms with Crippen LogP contribution in [0.2, 0.25) is 5.02 Å². The molecule has 30 heavy (non-hydrogen) atoms. The SMILES string of the molecule is CC(C)c1nc2c(n1C)CCN(c1cnn(-c3ccc([N+](=O)[O-])cc3)c(=O)c1Cl)C2. The molecule has 0 radical (unpaired) electrons. The molecule has 10 heteroatoms. The normalized spacial score (nSPS) is 13.6. The Morgan fingerprint density at radius 1 is 1.23 bits per heavy atom. The number of nitro groups is 1. The van der Waals surface area contributed by atoms with Gasteiger partial charge in [-0.1, -0.05) is 25.4 Å². The molecule has 4 rings (SSSR count). The summed E-state index contributed by atoms with van der Waals surface area (Å²) >= 11 is 6.43. The fourth-order valence-corrected chi connectivity index (χ4v) is 4.06. The molecule has 0 N–H and O–H groups in total.